The molecule has 0 fully saturated rings. The van der Waals surface area contributed by atoms with E-state index in [0.29, 0.717) is 23.9 Å². The number of unbranched alkanes of at least 4 members (excludes halogenated alkanes) is 44. The molecule has 0 aromatic rings. The number of rotatable bonds is 64. The monoisotopic (exact) mass is 1130 g/mol. The Morgan fingerprint density at radius 3 is 1.01 bits per heavy atom. The summed E-state index contributed by atoms with van der Waals surface area (Å²) in [5.74, 6) is -0.789. The first-order valence-corrected chi connectivity index (χ1v) is 35.7. The highest BCUT2D eigenvalue weighted by Crippen LogP contribution is 2.43. The van der Waals surface area contributed by atoms with Gasteiger partial charge in [-0.05, 0) is 51.4 Å². The minimum absolute atomic E-state index is 0.0315. The normalized spacial score (nSPS) is 13.3. The Morgan fingerprint density at radius 1 is 0.392 bits per heavy atom. The van der Waals surface area contributed by atoms with Crippen LogP contribution in [0.15, 0.2) is 36.5 Å². The number of hydrogen-bond donors (Lipinski definition) is 1. The van der Waals surface area contributed by atoms with Crippen LogP contribution in [-0.4, -0.2) is 74.9 Å². The molecule has 9 nitrogen and oxygen atoms in total. The van der Waals surface area contributed by atoms with E-state index in [4.69, 9.17) is 18.5 Å². The van der Waals surface area contributed by atoms with Crippen LogP contribution >= 0.6 is 7.82 Å². The van der Waals surface area contributed by atoms with Gasteiger partial charge in [-0.25, -0.2) is 4.57 Å². The molecule has 466 valence electrons. The van der Waals surface area contributed by atoms with Gasteiger partial charge in [-0.3, -0.25) is 18.6 Å². The fourth-order valence-corrected chi connectivity index (χ4v) is 10.9. The van der Waals surface area contributed by atoms with Crippen molar-refractivity contribution in [1.29, 1.82) is 0 Å². The Bertz CT molecular complexity index is 1430. The highest BCUT2D eigenvalue weighted by Gasteiger charge is 2.27. The van der Waals surface area contributed by atoms with E-state index in [1.807, 2.05) is 21.1 Å². The SMILES string of the molecule is CCCCCCC/C=C\C/C=C\C/C=C\CCCCCCCCCCC(=O)OC(COC(=O)CCCCCCCCCCCCCCCCCCCCCCCCCCCCCCCCCC)COP(=O)(O)OCC[N+](C)(C)C. The van der Waals surface area contributed by atoms with Gasteiger partial charge >= 0.3 is 19.8 Å². The van der Waals surface area contributed by atoms with Gasteiger partial charge in [-0.1, -0.05) is 314 Å². The zero-order valence-electron chi connectivity index (χ0n) is 53.1. The second-order valence-electron chi connectivity index (χ2n) is 24.6. The highest BCUT2D eigenvalue weighted by molar-refractivity contribution is 7.47. The predicted octanol–water partition coefficient (Wildman–Crippen LogP) is 21.9. The maximum absolute atomic E-state index is 12.8. The summed E-state index contributed by atoms with van der Waals surface area (Å²) in [5.41, 5.74) is 0. The van der Waals surface area contributed by atoms with Crippen LogP contribution in [0.1, 0.15) is 341 Å². The molecule has 0 aromatic heterocycles. The summed E-state index contributed by atoms with van der Waals surface area (Å²) in [4.78, 5) is 35.8. The van der Waals surface area contributed by atoms with Gasteiger partial charge in [-0.15, -0.1) is 0 Å². The van der Waals surface area contributed by atoms with Crippen LogP contribution < -0.4 is 0 Å². The molecule has 1 N–H and O–H groups in total. The first-order valence-electron chi connectivity index (χ1n) is 34.2. The molecule has 2 atom stereocenters. The molecule has 0 heterocycles. The number of quaternary nitrogens is 1. The van der Waals surface area contributed by atoms with Crippen molar-refractivity contribution in [1.82, 2.24) is 0 Å². The van der Waals surface area contributed by atoms with Crippen LogP contribution in [0.4, 0.5) is 0 Å². The topological polar surface area (TPSA) is 108 Å². The third-order valence-electron chi connectivity index (χ3n) is 15.4. The van der Waals surface area contributed by atoms with Crippen LogP contribution in [0, 0.1) is 0 Å². The molecule has 0 saturated carbocycles. The summed E-state index contributed by atoms with van der Waals surface area (Å²) in [5, 5.41) is 0. The zero-order chi connectivity index (χ0) is 57.7. The van der Waals surface area contributed by atoms with Gasteiger partial charge in [0.2, 0.25) is 0 Å². The number of carbonyl (C=O) groups is 2. The van der Waals surface area contributed by atoms with Crippen molar-refractivity contribution < 1.29 is 42.1 Å². The fraction of sp³-hybridized carbons (Fsp3) is 0.884. The predicted molar refractivity (Wildman–Crippen MR) is 340 cm³/mol. The molecule has 0 rings (SSSR count). The van der Waals surface area contributed by atoms with Crippen molar-refractivity contribution in [3.63, 3.8) is 0 Å². The number of allylic oxidation sites excluding steroid dienone is 6. The summed E-state index contributed by atoms with van der Waals surface area (Å²) in [6.45, 7) is 4.47. The molecule has 0 bridgehead atoms. The molecule has 0 amide bonds. The molecule has 0 aliphatic carbocycles. The second-order valence-corrected chi connectivity index (χ2v) is 26.0. The molecule has 0 aliphatic heterocycles. The lowest BCUT2D eigenvalue weighted by molar-refractivity contribution is -0.870. The Labute approximate surface area is 491 Å². The minimum atomic E-state index is -4.39. The second kappa shape index (κ2) is 60.8. The minimum Gasteiger partial charge on any atom is -0.462 e. The number of carbonyl (C=O) groups excluding carboxylic acids is 2. The average molecular weight is 1140 g/mol. The largest absolute Gasteiger partial charge is 0.472 e. The molecule has 0 saturated heterocycles. The van der Waals surface area contributed by atoms with Gasteiger partial charge in [0.1, 0.15) is 19.8 Å². The van der Waals surface area contributed by atoms with Gasteiger partial charge in [-0.2, -0.15) is 0 Å². The quantitative estimate of drug-likeness (QED) is 0.0211. The third kappa shape index (κ3) is 65.3. The number of nitrogens with zero attached hydrogens (tertiary/aromatic N) is 1. The van der Waals surface area contributed by atoms with Gasteiger partial charge in [0, 0.05) is 12.8 Å². The Morgan fingerprint density at radius 2 is 0.684 bits per heavy atom. The van der Waals surface area contributed by atoms with Crippen molar-refractivity contribution >= 4 is 19.8 Å². The van der Waals surface area contributed by atoms with Gasteiger partial charge in [0.15, 0.2) is 6.10 Å². The van der Waals surface area contributed by atoms with E-state index >= 15 is 0 Å². The summed E-state index contributed by atoms with van der Waals surface area (Å²) in [6.07, 6.45) is 76.8. The first-order chi connectivity index (χ1) is 38.5. The molecular formula is C69H133NO8P+. The lowest BCUT2D eigenvalue weighted by Gasteiger charge is -2.24. The van der Waals surface area contributed by atoms with E-state index in [-0.39, 0.29) is 25.6 Å². The third-order valence-corrected chi connectivity index (χ3v) is 16.4. The Balaban J connectivity index is 4.01. The summed E-state index contributed by atoms with van der Waals surface area (Å²) in [6, 6.07) is 0. The van der Waals surface area contributed by atoms with E-state index < -0.39 is 26.5 Å². The number of ether oxygens (including phenoxy) is 2. The maximum atomic E-state index is 12.8. The highest BCUT2D eigenvalue weighted by atomic mass is 31.2. The van der Waals surface area contributed by atoms with Crippen LogP contribution in [-0.2, 0) is 32.7 Å². The molecule has 0 aromatic carbocycles. The van der Waals surface area contributed by atoms with E-state index in [2.05, 4.69) is 50.3 Å². The van der Waals surface area contributed by atoms with Crippen LogP contribution in [0.5, 0.6) is 0 Å². The van der Waals surface area contributed by atoms with Crippen LogP contribution in [0.3, 0.4) is 0 Å². The molecule has 2 unspecified atom stereocenters. The first kappa shape index (κ1) is 77.2. The lowest BCUT2D eigenvalue weighted by Crippen LogP contribution is -2.37. The van der Waals surface area contributed by atoms with Crippen molar-refractivity contribution in [2.45, 2.75) is 347 Å². The van der Waals surface area contributed by atoms with Crippen LogP contribution in [0.2, 0.25) is 0 Å². The van der Waals surface area contributed by atoms with Gasteiger partial charge in [0.25, 0.3) is 0 Å². The van der Waals surface area contributed by atoms with Crippen molar-refractivity contribution in [2.75, 3.05) is 47.5 Å². The summed E-state index contributed by atoms with van der Waals surface area (Å²) >= 11 is 0. The average Bonchev–Trinajstić information content (AvgIpc) is 3.41. The Hall–Kier alpha value is -1.77. The number of phosphoric ester groups is 1. The van der Waals surface area contributed by atoms with Gasteiger partial charge in [0.05, 0.1) is 27.7 Å². The van der Waals surface area contributed by atoms with Crippen LogP contribution in [0.25, 0.3) is 0 Å². The molecular weight excluding hydrogens is 1000 g/mol. The van der Waals surface area contributed by atoms with E-state index in [9.17, 15) is 19.0 Å². The summed E-state index contributed by atoms with van der Waals surface area (Å²) < 4.78 is 34.7. The standard InChI is InChI=1S/C69H132NO8P/c1-6-8-10-12-14-16-18-20-22-24-26-28-30-31-32-33-34-35-36-37-38-40-41-43-45-47-49-51-53-55-57-59-61-68(71)75-65-67(66-77-79(73,74)76-64-63-70(3,4)5)78-69(72)62-60-58-56-54-52-50-48-46-44-42-39-29-27-25-23-21-19-17-15-13-11-9-7-2/h19,21,25,27,39,42,67H,6-18,20,22-24,26,28-38,40-41,43-66H2,1-5H3/p+1/b21-19-,27-25-,42-39-. The molecule has 79 heavy (non-hydrogen) atoms. The van der Waals surface area contributed by atoms with Crippen molar-refractivity contribution in [2.24, 2.45) is 0 Å². The number of hydrogen-bond acceptors (Lipinski definition) is 7. The summed E-state index contributed by atoms with van der Waals surface area (Å²) in [7, 11) is 1.49. The number of likely N-dealkylation sites (N-methyl/N-ethyl adjacent to an activating group) is 1. The van der Waals surface area contributed by atoms with Crippen molar-refractivity contribution in [3.8, 4) is 0 Å². The molecule has 0 radical (unpaired) electrons. The Kier molecular flexibility index (Phi) is 59.4. The number of esters is 2. The maximum Gasteiger partial charge on any atom is 0.472 e. The van der Waals surface area contributed by atoms with Gasteiger partial charge < -0.3 is 18.9 Å². The smallest absolute Gasteiger partial charge is 0.462 e. The van der Waals surface area contributed by atoms with E-state index in [0.717, 1.165) is 57.8 Å². The fourth-order valence-electron chi connectivity index (χ4n) is 10.1. The number of phosphoric acid groups is 1. The molecule has 0 aliphatic rings. The molecule has 0 spiro atoms. The van der Waals surface area contributed by atoms with E-state index in [1.165, 1.54) is 250 Å². The van der Waals surface area contributed by atoms with Crippen molar-refractivity contribution in [3.05, 3.63) is 36.5 Å². The lowest BCUT2D eigenvalue weighted by atomic mass is 10.0. The zero-order valence-corrected chi connectivity index (χ0v) is 54.0. The molecule has 10 heteroatoms. The van der Waals surface area contributed by atoms with E-state index in [1.54, 1.807) is 0 Å².